The van der Waals surface area contributed by atoms with E-state index in [0.717, 1.165) is 32.5 Å². The quantitative estimate of drug-likeness (QED) is 0.661. The van der Waals surface area contributed by atoms with Crippen LogP contribution in [0.15, 0.2) is 0 Å². The molecule has 1 atom stereocenters. The van der Waals surface area contributed by atoms with Crippen LogP contribution < -0.4 is 5.32 Å². The summed E-state index contributed by atoms with van der Waals surface area (Å²) in [5.74, 6) is 0.545. The molecule has 0 spiro atoms. The van der Waals surface area contributed by atoms with Crippen LogP contribution in [0.3, 0.4) is 0 Å². The Morgan fingerprint density at radius 3 is 3.14 bits per heavy atom. The van der Waals surface area contributed by atoms with Crippen molar-refractivity contribution in [3.63, 3.8) is 0 Å². The Morgan fingerprint density at radius 2 is 2.50 bits per heavy atom. The van der Waals surface area contributed by atoms with E-state index < -0.39 is 0 Å². The molecule has 1 fully saturated rings. The number of carbonyl (C=O) groups is 1. The van der Waals surface area contributed by atoms with E-state index in [0.29, 0.717) is 12.5 Å². The molecule has 0 aromatic carbocycles. The minimum Gasteiger partial charge on any atom is -0.356 e. The van der Waals surface area contributed by atoms with E-state index in [1.54, 1.807) is 0 Å². The van der Waals surface area contributed by atoms with Crippen LogP contribution in [0.4, 0.5) is 0 Å². The average Bonchev–Trinajstić information content (AvgIpc) is 2.16. The first-order chi connectivity index (χ1) is 6.72. The summed E-state index contributed by atoms with van der Waals surface area (Å²) in [5.41, 5.74) is 0. The largest absolute Gasteiger partial charge is 0.356 e. The van der Waals surface area contributed by atoms with Gasteiger partial charge in [0.2, 0.25) is 5.91 Å². The lowest BCUT2D eigenvalue weighted by atomic mass is 9.98. The second-order valence-corrected chi connectivity index (χ2v) is 3.84. The molecule has 1 unspecified atom stereocenters. The van der Waals surface area contributed by atoms with Gasteiger partial charge in [0, 0.05) is 20.0 Å². The minimum atomic E-state index is 0.0300. The molecule has 0 bridgehead atoms. The van der Waals surface area contributed by atoms with Crippen LogP contribution in [0.5, 0.6) is 0 Å². The molecule has 1 saturated heterocycles. The molecule has 1 rings (SSSR count). The van der Waals surface area contributed by atoms with Crippen molar-refractivity contribution in [3.8, 4) is 6.07 Å². The second kappa shape index (κ2) is 5.61. The fourth-order valence-corrected chi connectivity index (χ4v) is 1.85. The van der Waals surface area contributed by atoms with Crippen LogP contribution in [0.25, 0.3) is 0 Å². The van der Waals surface area contributed by atoms with E-state index in [1.165, 1.54) is 6.92 Å². The minimum absolute atomic E-state index is 0.0300. The summed E-state index contributed by atoms with van der Waals surface area (Å²) in [6.45, 7) is 4.75. The molecule has 0 aromatic rings. The van der Waals surface area contributed by atoms with E-state index in [9.17, 15) is 4.79 Å². The maximum Gasteiger partial charge on any atom is 0.216 e. The van der Waals surface area contributed by atoms with Gasteiger partial charge in [-0.15, -0.1) is 0 Å². The number of nitrogens with zero attached hydrogens (tertiary/aromatic N) is 2. The number of nitriles is 1. The Hall–Kier alpha value is -1.08. The first-order valence-electron chi connectivity index (χ1n) is 5.06. The molecule has 0 aliphatic carbocycles. The number of amides is 1. The molecule has 78 valence electrons. The molecular formula is C10H17N3O. The van der Waals surface area contributed by atoms with Crippen LogP contribution >= 0.6 is 0 Å². The van der Waals surface area contributed by atoms with E-state index in [1.807, 2.05) is 0 Å². The zero-order chi connectivity index (χ0) is 10.4. The topological polar surface area (TPSA) is 56.1 Å². The van der Waals surface area contributed by atoms with Gasteiger partial charge in [-0.05, 0) is 25.3 Å². The highest BCUT2D eigenvalue weighted by atomic mass is 16.1. The molecule has 0 aromatic heterocycles. The third-order valence-electron chi connectivity index (χ3n) is 2.54. The fourth-order valence-electron chi connectivity index (χ4n) is 1.85. The van der Waals surface area contributed by atoms with Gasteiger partial charge in [0.15, 0.2) is 0 Å². The van der Waals surface area contributed by atoms with Crippen molar-refractivity contribution < 1.29 is 4.79 Å². The number of piperidine rings is 1. The van der Waals surface area contributed by atoms with Crippen molar-refractivity contribution >= 4 is 5.91 Å². The number of rotatable bonds is 3. The van der Waals surface area contributed by atoms with Crippen LogP contribution in [0, 0.1) is 17.2 Å². The van der Waals surface area contributed by atoms with Gasteiger partial charge in [-0.25, -0.2) is 0 Å². The lowest BCUT2D eigenvalue weighted by Gasteiger charge is -2.30. The van der Waals surface area contributed by atoms with Gasteiger partial charge in [0.25, 0.3) is 0 Å². The smallest absolute Gasteiger partial charge is 0.216 e. The third-order valence-corrected chi connectivity index (χ3v) is 2.54. The van der Waals surface area contributed by atoms with Gasteiger partial charge in [-0.3, -0.25) is 9.69 Å². The normalized spacial score (nSPS) is 22.7. The summed E-state index contributed by atoms with van der Waals surface area (Å²) in [4.78, 5) is 12.9. The van der Waals surface area contributed by atoms with Gasteiger partial charge in [0.1, 0.15) is 0 Å². The van der Waals surface area contributed by atoms with Crippen LogP contribution in [0.2, 0.25) is 0 Å². The molecule has 1 amide bonds. The lowest BCUT2D eigenvalue weighted by molar-refractivity contribution is -0.119. The Morgan fingerprint density at radius 1 is 1.71 bits per heavy atom. The van der Waals surface area contributed by atoms with Crippen molar-refractivity contribution in [2.45, 2.75) is 19.8 Å². The maximum atomic E-state index is 10.7. The van der Waals surface area contributed by atoms with Crippen molar-refractivity contribution in [3.05, 3.63) is 0 Å². The predicted octanol–water partition coefficient (Wildman–Crippen LogP) is 0.358. The highest BCUT2D eigenvalue weighted by Gasteiger charge is 2.19. The molecule has 1 heterocycles. The molecular weight excluding hydrogens is 178 g/mol. The van der Waals surface area contributed by atoms with Crippen molar-refractivity contribution in [1.29, 1.82) is 5.26 Å². The molecule has 1 aliphatic heterocycles. The number of likely N-dealkylation sites (tertiary alicyclic amines) is 1. The van der Waals surface area contributed by atoms with Crippen LogP contribution in [0.1, 0.15) is 19.8 Å². The molecule has 0 radical (unpaired) electrons. The Labute approximate surface area is 84.9 Å². The Balaban J connectivity index is 2.26. The molecule has 1 N–H and O–H groups in total. The van der Waals surface area contributed by atoms with Gasteiger partial charge in [-0.1, -0.05) is 0 Å². The van der Waals surface area contributed by atoms with E-state index in [-0.39, 0.29) is 5.91 Å². The lowest BCUT2D eigenvalue weighted by Crippen LogP contribution is -2.40. The standard InChI is InChI=1S/C10H17N3O/c1-9(14)12-7-10-3-2-5-13(8-10)6-4-11/h10H,2-3,5-8H2,1H3,(H,12,14). The van der Waals surface area contributed by atoms with Gasteiger partial charge < -0.3 is 5.32 Å². The van der Waals surface area contributed by atoms with Gasteiger partial charge in [-0.2, -0.15) is 5.26 Å². The zero-order valence-electron chi connectivity index (χ0n) is 8.62. The molecule has 14 heavy (non-hydrogen) atoms. The van der Waals surface area contributed by atoms with Crippen molar-refractivity contribution in [1.82, 2.24) is 10.2 Å². The SMILES string of the molecule is CC(=O)NCC1CCCN(CC#N)C1. The molecule has 0 saturated carbocycles. The zero-order valence-corrected chi connectivity index (χ0v) is 8.62. The average molecular weight is 195 g/mol. The predicted molar refractivity (Wildman–Crippen MR) is 53.5 cm³/mol. The van der Waals surface area contributed by atoms with Gasteiger partial charge in [0.05, 0.1) is 12.6 Å². The van der Waals surface area contributed by atoms with E-state index >= 15 is 0 Å². The summed E-state index contributed by atoms with van der Waals surface area (Å²) in [5, 5.41) is 11.4. The Kier molecular flexibility index (Phi) is 4.41. The maximum absolute atomic E-state index is 10.7. The first-order valence-corrected chi connectivity index (χ1v) is 5.06. The number of nitrogens with one attached hydrogen (secondary N) is 1. The fraction of sp³-hybridized carbons (Fsp3) is 0.800. The Bertz CT molecular complexity index is 234. The second-order valence-electron chi connectivity index (χ2n) is 3.84. The summed E-state index contributed by atoms with van der Waals surface area (Å²) in [6, 6.07) is 2.16. The summed E-state index contributed by atoms with van der Waals surface area (Å²) >= 11 is 0. The third kappa shape index (κ3) is 3.75. The number of hydrogen-bond donors (Lipinski definition) is 1. The number of carbonyl (C=O) groups excluding carboxylic acids is 1. The molecule has 4 heteroatoms. The summed E-state index contributed by atoms with van der Waals surface area (Å²) < 4.78 is 0. The first kappa shape index (κ1) is 11.0. The summed E-state index contributed by atoms with van der Waals surface area (Å²) in [6.07, 6.45) is 2.29. The molecule has 1 aliphatic rings. The monoisotopic (exact) mass is 195 g/mol. The highest BCUT2D eigenvalue weighted by molar-refractivity contribution is 5.72. The summed E-state index contributed by atoms with van der Waals surface area (Å²) in [7, 11) is 0. The molecule has 4 nitrogen and oxygen atoms in total. The van der Waals surface area contributed by atoms with E-state index in [2.05, 4.69) is 16.3 Å². The van der Waals surface area contributed by atoms with Crippen LogP contribution in [-0.4, -0.2) is 37.0 Å². The highest BCUT2D eigenvalue weighted by Crippen LogP contribution is 2.14. The number of hydrogen-bond acceptors (Lipinski definition) is 3. The van der Waals surface area contributed by atoms with Crippen molar-refractivity contribution in [2.24, 2.45) is 5.92 Å². The van der Waals surface area contributed by atoms with Gasteiger partial charge >= 0.3 is 0 Å². The van der Waals surface area contributed by atoms with Crippen LogP contribution in [-0.2, 0) is 4.79 Å². The van der Waals surface area contributed by atoms with Crippen molar-refractivity contribution in [2.75, 3.05) is 26.2 Å². The van der Waals surface area contributed by atoms with E-state index in [4.69, 9.17) is 5.26 Å².